The summed E-state index contributed by atoms with van der Waals surface area (Å²) in [5.41, 5.74) is 0.475. The molecule has 0 aliphatic rings. The fraction of sp³-hybridized carbons (Fsp3) is 0. The highest BCUT2D eigenvalue weighted by atomic mass is 127. The Morgan fingerprint density at radius 3 is 2.42 bits per heavy atom. The van der Waals surface area contributed by atoms with Crippen LogP contribution in [-0.4, -0.2) is 17.5 Å². The zero-order valence-corrected chi connectivity index (χ0v) is 8.24. The van der Waals surface area contributed by atoms with Crippen LogP contribution >= 0.6 is 22.6 Å². The van der Waals surface area contributed by atoms with Crippen LogP contribution in [0.5, 0.6) is 0 Å². The van der Waals surface area contributed by atoms with Crippen molar-refractivity contribution in [3.8, 4) is 0 Å². The summed E-state index contributed by atoms with van der Waals surface area (Å²) in [4.78, 5) is 21.0. The Morgan fingerprint density at radius 2 is 1.92 bits per heavy atom. The van der Waals surface area contributed by atoms with Gasteiger partial charge in [-0.25, -0.2) is 0 Å². The predicted octanol–water partition coefficient (Wildman–Crippen LogP) is 0.848. The fourth-order valence-electron chi connectivity index (χ4n) is 0.725. The van der Waals surface area contributed by atoms with E-state index in [9.17, 15) is 9.59 Å². The molecule has 0 fully saturated rings. The summed E-state index contributed by atoms with van der Waals surface area (Å²) in [7, 11) is 0. The lowest BCUT2D eigenvalue weighted by molar-refractivity contribution is -0.104. The van der Waals surface area contributed by atoms with Gasteiger partial charge < -0.3 is 5.48 Å². The summed E-state index contributed by atoms with van der Waals surface area (Å²) < 4.78 is 0.808. The summed E-state index contributed by atoms with van der Waals surface area (Å²) in [5, 5.41) is 0. The van der Waals surface area contributed by atoms with Gasteiger partial charge in [0.05, 0.1) is 0 Å². The number of ketones is 1. The maximum atomic E-state index is 10.9. The van der Waals surface area contributed by atoms with Crippen molar-refractivity contribution in [1.29, 1.82) is 0 Å². The lowest BCUT2D eigenvalue weighted by Crippen LogP contribution is -2.01. The van der Waals surface area contributed by atoms with Crippen molar-refractivity contribution in [3.63, 3.8) is 0 Å². The smallest absolute Gasteiger partial charge is 0.226 e. The number of halogens is 1. The first-order chi connectivity index (χ1) is 5.25. The number of hydrogen-bond acceptors (Lipinski definition) is 2. The van der Waals surface area contributed by atoms with Crippen LogP contribution in [0.25, 0.3) is 0 Å². The molecule has 12 heavy (non-hydrogen) atoms. The van der Waals surface area contributed by atoms with Crippen LogP contribution in [0.4, 0.5) is 0 Å². The van der Waals surface area contributed by atoms with Crippen molar-refractivity contribution in [3.05, 3.63) is 33.4 Å². The van der Waals surface area contributed by atoms with E-state index in [0.717, 1.165) is 3.57 Å². The molecule has 2 N–H and O–H groups in total. The van der Waals surface area contributed by atoms with Gasteiger partial charge in [-0.3, -0.25) is 9.59 Å². The van der Waals surface area contributed by atoms with Crippen molar-refractivity contribution >= 4 is 34.7 Å². The number of Topliss-reactive ketones (excluding diaryl/α,β-unsaturated/α-hetero) is 1. The van der Waals surface area contributed by atoms with E-state index in [-0.39, 0.29) is 5.48 Å². The van der Waals surface area contributed by atoms with Crippen molar-refractivity contribution in [1.82, 2.24) is 0 Å². The second-order valence-electron chi connectivity index (χ2n) is 1.96. The molecule has 1 rings (SSSR count). The third kappa shape index (κ3) is 2.38. The van der Waals surface area contributed by atoms with E-state index in [1.807, 2.05) is 28.7 Å². The minimum atomic E-state index is -0.463. The molecule has 0 unspecified atom stereocenters. The van der Waals surface area contributed by atoms with Crippen LogP contribution in [0.1, 0.15) is 10.4 Å². The summed E-state index contributed by atoms with van der Waals surface area (Å²) >= 11 is 2.02. The zero-order valence-electron chi connectivity index (χ0n) is 6.08. The minimum absolute atomic E-state index is 0. The van der Waals surface area contributed by atoms with E-state index in [4.69, 9.17) is 0 Å². The second-order valence-corrected chi connectivity index (χ2v) is 3.12. The number of hydrogen-bond donors (Lipinski definition) is 0. The van der Waals surface area contributed by atoms with E-state index < -0.39 is 5.78 Å². The largest absolute Gasteiger partial charge is 0.412 e. The lowest BCUT2D eigenvalue weighted by atomic mass is 10.1. The van der Waals surface area contributed by atoms with E-state index in [2.05, 4.69) is 0 Å². The average molecular weight is 278 g/mol. The summed E-state index contributed by atoms with van der Waals surface area (Å²) in [6, 6.07) is 6.98. The molecule has 0 aromatic heterocycles. The van der Waals surface area contributed by atoms with Gasteiger partial charge in [0.15, 0.2) is 6.29 Å². The molecule has 3 nitrogen and oxygen atoms in total. The topological polar surface area (TPSA) is 65.6 Å². The van der Waals surface area contributed by atoms with Crippen molar-refractivity contribution in [2.75, 3.05) is 0 Å². The molecule has 0 atom stereocenters. The van der Waals surface area contributed by atoms with Crippen LogP contribution in [0, 0.1) is 3.57 Å². The molecule has 0 saturated carbocycles. The predicted molar refractivity (Wildman–Crippen MR) is 53.2 cm³/mol. The van der Waals surface area contributed by atoms with Gasteiger partial charge in [0, 0.05) is 9.13 Å². The molecule has 64 valence electrons. The molecule has 0 heterocycles. The molecule has 0 aliphatic carbocycles. The quantitative estimate of drug-likeness (QED) is 0.348. The van der Waals surface area contributed by atoms with E-state index in [1.54, 1.807) is 18.2 Å². The first kappa shape index (κ1) is 11.2. The molecule has 0 radical (unpaired) electrons. The number of carbonyl (C=O) groups excluding carboxylic acids is 2. The summed E-state index contributed by atoms with van der Waals surface area (Å²) in [6.45, 7) is 0. The third-order valence-electron chi connectivity index (χ3n) is 1.25. The zero-order chi connectivity index (χ0) is 8.27. The monoisotopic (exact) mass is 278 g/mol. The van der Waals surface area contributed by atoms with Crippen molar-refractivity contribution < 1.29 is 15.1 Å². The number of rotatable bonds is 2. The number of aldehydes is 1. The normalized spacial score (nSPS) is 8.42. The molecular weight excluding hydrogens is 271 g/mol. The molecule has 0 amide bonds. The van der Waals surface area contributed by atoms with Gasteiger partial charge >= 0.3 is 0 Å². The van der Waals surface area contributed by atoms with Gasteiger partial charge in [0.2, 0.25) is 5.78 Å². The third-order valence-corrected chi connectivity index (χ3v) is 2.19. The molecule has 0 spiro atoms. The Kier molecular flexibility index (Phi) is 4.68. The van der Waals surface area contributed by atoms with Gasteiger partial charge in [-0.15, -0.1) is 0 Å². The second kappa shape index (κ2) is 5.00. The lowest BCUT2D eigenvalue weighted by Gasteiger charge is -1.95. The first-order valence-electron chi connectivity index (χ1n) is 2.99. The van der Waals surface area contributed by atoms with E-state index in [0.29, 0.717) is 11.8 Å². The summed E-state index contributed by atoms with van der Waals surface area (Å²) in [6.07, 6.45) is 0.331. The van der Waals surface area contributed by atoms with Crippen LogP contribution in [0.3, 0.4) is 0 Å². The SMILES string of the molecule is O.O=CC(=O)c1ccccc1I. The standard InChI is InChI=1S/C8H5IO2.H2O/c9-7-4-2-1-3-6(7)8(11)5-10;/h1-5H;1H2. The Balaban J connectivity index is 0.00000121. The molecule has 1 aromatic rings. The van der Waals surface area contributed by atoms with Gasteiger partial charge in [0.25, 0.3) is 0 Å². The van der Waals surface area contributed by atoms with E-state index >= 15 is 0 Å². The molecule has 4 heteroatoms. The Morgan fingerprint density at radius 1 is 1.33 bits per heavy atom. The van der Waals surface area contributed by atoms with Gasteiger partial charge in [0.1, 0.15) is 0 Å². The highest BCUT2D eigenvalue weighted by Gasteiger charge is 2.05. The maximum Gasteiger partial charge on any atom is 0.226 e. The van der Waals surface area contributed by atoms with Crippen LogP contribution in [-0.2, 0) is 4.79 Å². The van der Waals surface area contributed by atoms with Crippen molar-refractivity contribution in [2.45, 2.75) is 0 Å². The molecular formula is C8H7IO3. The summed E-state index contributed by atoms with van der Waals surface area (Å²) in [5.74, 6) is -0.463. The van der Waals surface area contributed by atoms with Crippen molar-refractivity contribution in [2.24, 2.45) is 0 Å². The molecule has 0 aliphatic heterocycles. The average Bonchev–Trinajstić information content (AvgIpc) is 2.04. The van der Waals surface area contributed by atoms with Crippen LogP contribution < -0.4 is 0 Å². The highest BCUT2D eigenvalue weighted by Crippen LogP contribution is 2.10. The highest BCUT2D eigenvalue weighted by molar-refractivity contribution is 14.1. The Hall–Kier alpha value is -0.750. The Labute approximate surface area is 83.2 Å². The number of benzene rings is 1. The van der Waals surface area contributed by atoms with E-state index in [1.165, 1.54) is 0 Å². The van der Waals surface area contributed by atoms with Gasteiger partial charge in [-0.1, -0.05) is 12.1 Å². The van der Waals surface area contributed by atoms with Crippen LogP contribution in [0.2, 0.25) is 0 Å². The first-order valence-corrected chi connectivity index (χ1v) is 4.07. The molecule has 0 saturated heterocycles. The van der Waals surface area contributed by atoms with Crippen LogP contribution in [0.15, 0.2) is 24.3 Å². The van der Waals surface area contributed by atoms with Gasteiger partial charge in [-0.2, -0.15) is 0 Å². The Bertz CT molecular complexity index is 296. The number of carbonyl (C=O) groups is 2. The molecule has 0 bridgehead atoms. The fourth-order valence-corrected chi connectivity index (χ4v) is 1.38. The van der Waals surface area contributed by atoms with Gasteiger partial charge in [-0.05, 0) is 34.7 Å². The molecule has 1 aromatic carbocycles. The maximum absolute atomic E-state index is 10.9. The minimum Gasteiger partial charge on any atom is -0.412 e.